The summed E-state index contributed by atoms with van der Waals surface area (Å²) < 4.78 is 4.65. The number of carbonyl (C=O) groups excluding carboxylic acids is 3. The third-order valence-corrected chi connectivity index (χ3v) is 4.08. The van der Waals surface area contributed by atoms with Gasteiger partial charge in [-0.2, -0.15) is 0 Å². The Morgan fingerprint density at radius 2 is 2.00 bits per heavy atom. The predicted molar refractivity (Wildman–Crippen MR) is 51.9 cm³/mol. The zero-order valence-corrected chi connectivity index (χ0v) is 8.97. The van der Waals surface area contributed by atoms with E-state index in [4.69, 9.17) is 0 Å². The smallest absolute Gasteiger partial charge is 0.320 e. The van der Waals surface area contributed by atoms with Crippen molar-refractivity contribution in [2.45, 2.75) is 12.5 Å². The first kappa shape index (κ1) is 9.57. The van der Waals surface area contributed by atoms with Crippen molar-refractivity contribution >= 4 is 17.8 Å². The van der Waals surface area contributed by atoms with Crippen LogP contribution in [0.3, 0.4) is 0 Å². The topological polar surface area (TPSA) is 63.7 Å². The Hall–Kier alpha value is -1.65. The van der Waals surface area contributed by atoms with E-state index in [1.807, 2.05) is 6.08 Å². The fraction of sp³-hybridized carbons (Fsp3) is 0.545. The van der Waals surface area contributed by atoms with E-state index in [-0.39, 0.29) is 5.91 Å². The van der Waals surface area contributed by atoms with Crippen molar-refractivity contribution in [2.75, 3.05) is 7.05 Å². The number of hydrogen-bond donors (Lipinski definition) is 0. The van der Waals surface area contributed by atoms with Crippen molar-refractivity contribution in [1.82, 2.24) is 4.90 Å². The van der Waals surface area contributed by atoms with E-state index in [9.17, 15) is 14.4 Å². The highest BCUT2D eigenvalue weighted by Crippen LogP contribution is 2.49. The molecule has 0 aromatic rings. The molecule has 4 rings (SSSR count). The molecule has 3 aliphatic heterocycles. The van der Waals surface area contributed by atoms with Crippen LogP contribution < -0.4 is 0 Å². The number of amides is 1. The molecule has 1 amide bonds. The van der Waals surface area contributed by atoms with E-state index < -0.39 is 35.2 Å². The van der Waals surface area contributed by atoms with Crippen molar-refractivity contribution in [3.63, 3.8) is 0 Å². The van der Waals surface area contributed by atoms with Gasteiger partial charge in [0.05, 0.1) is 23.3 Å². The number of rotatable bonds is 0. The van der Waals surface area contributed by atoms with Crippen molar-refractivity contribution < 1.29 is 19.1 Å². The highest BCUT2D eigenvalue weighted by molar-refractivity contribution is 6.03. The van der Waals surface area contributed by atoms with E-state index in [1.54, 1.807) is 24.9 Å². The van der Waals surface area contributed by atoms with Gasteiger partial charge in [0.25, 0.3) is 0 Å². The van der Waals surface area contributed by atoms with Gasteiger partial charge >= 0.3 is 11.9 Å². The Labute approximate surface area is 92.0 Å². The van der Waals surface area contributed by atoms with E-state index in [0.717, 1.165) is 0 Å². The maximum absolute atomic E-state index is 11.9. The largest absolute Gasteiger partial charge is 0.393 e. The minimum Gasteiger partial charge on any atom is -0.393 e. The molecule has 0 aromatic heterocycles. The third kappa shape index (κ3) is 0.809. The fourth-order valence-electron chi connectivity index (χ4n) is 3.01. The molecule has 4 aliphatic rings. The molecule has 0 saturated carbocycles. The fourth-order valence-corrected chi connectivity index (χ4v) is 3.01. The van der Waals surface area contributed by atoms with Gasteiger partial charge in [-0.3, -0.25) is 14.4 Å². The molecule has 4 unspecified atom stereocenters. The van der Waals surface area contributed by atoms with Gasteiger partial charge in [0, 0.05) is 7.05 Å². The molecule has 1 aliphatic carbocycles. The number of piperidine rings is 1. The maximum Gasteiger partial charge on any atom is 0.320 e. The minimum absolute atomic E-state index is 0.113. The lowest BCUT2D eigenvalue weighted by Crippen LogP contribution is -2.64. The first-order chi connectivity index (χ1) is 7.47. The first-order valence-electron chi connectivity index (χ1n) is 5.19. The monoisotopic (exact) mass is 221 g/mol. The number of ether oxygens (including phenoxy) is 1. The van der Waals surface area contributed by atoms with Crippen LogP contribution in [0.1, 0.15) is 6.92 Å². The second-order valence-corrected chi connectivity index (χ2v) is 4.75. The van der Waals surface area contributed by atoms with E-state index in [1.165, 1.54) is 0 Å². The van der Waals surface area contributed by atoms with Crippen LogP contribution in [-0.2, 0) is 19.1 Å². The molecule has 5 nitrogen and oxygen atoms in total. The number of cyclic esters (lactones) is 2. The van der Waals surface area contributed by atoms with Crippen LogP contribution in [0.4, 0.5) is 0 Å². The molecular formula is C11H11NO4. The number of nitrogens with zero attached hydrogens (tertiary/aromatic N) is 1. The average Bonchev–Trinajstić information content (AvgIpc) is 2.53. The molecule has 84 valence electrons. The number of fused-ring (bicyclic) bond motifs is 1. The number of carbonyl (C=O) groups is 3. The lowest BCUT2D eigenvalue weighted by Gasteiger charge is -2.51. The molecule has 2 bridgehead atoms. The molecule has 4 atom stereocenters. The van der Waals surface area contributed by atoms with Crippen LogP contribution in [0.5, 0.6) is 0 Å². The first-order valence-corrected chi connectivity index (χ1v) is 5.19. The molecule has 0 aromatic carbocycles. The lowest BCUT2D eigenvalue weighted by molar-refractivity contribution is -0.155. The van der Waals surface area contributed by atoms with Gasteiger partial charge < -0.3 is 9.64 Å². The SMILES string of the molecule is CN1C(=O)C2C=CC1(C)C1C(=O)OC(=O)C21. The van der Waals surface area contributed by atoms with E-state index in [2.05, 4.69) is 4.74 Å². The number of esters is 2. The number of hydrogen-bond acceptors (Lipinski definition) is 4. The van der Waals surface area contributed by atoms with Gasteiger partial charge in [-0.05, 0) is 6.92 Å². The molecular weight excluding hydrogens is 210 g/mol. The van der Waals surface area contributed by atoms with Gasteiger partial charge in [0.15, 0.2) is 0 Å². The Bertz CT molecular complexity index is 455. The molecule has 2 saturated heterocycles. The van der Waals surface area contributed by atoms with Crippen LogP contribution in [0, 0.1) is 17.8 Å². The Balaban J connectivity index is 2.20. The van der Waals surface area contributed by atoms with Crippen LogP contribution in [-0.4, -0.2) is 35.3 Å². The Morgan fingerprint density at radius 1 is 1.31 bits per heavy atom. The summed E-state index contributed by atoms with van der Waals surface area (Å²) in [6, 6.07) is 0. The van der Waals surface area contributed by atoms with Crippen molar-refractivity contribution in [3.05, 3.63) is 12.2 Å². The predicted octanol–water partition coefficient (Wildman–Crippen LogP) is -0.281. The summed E-state index contributed by atoms with van der Waals surface area (Å²) in [5.41, 5.74) is -0.722. The minimum atomic E-state index is -0.722. The quantitative estimate of drug-likeness (QED) is 0.320. The second-order valence-electron chi connectivity index (χ2n) is 4.75. The summed E-state index contributed by atoms with van der Waals surface area (Å²) in [5.74, 6) is -2.87. The Kier molecular flexibility index (Phi) is 1.51. The van der Waals surface area contributed by atoms with Gasteiger partial charge in [-0.1, -0.05) is 12.2 Å². The second kappa shape index (κ2) is 2.53. The molecule has 16 heavy (non-hydrogen) atoms. The zero-order chi connectivity index (χ0) is 11.7. The standard InChI is InChI=1S/C11H11NO4/c1-11-4-3-5(8(13)12(11)2)6-7(11)10(15)16-9(6)14/h3-7H,1-2H3. The van der Waals surface area contributed by atoms with Gasteiger partial charge in [-0.25, -0.2) is 0 Å². The van der Waals surface area contributed by atoms with Crippen LogP contribution >= 0.6 is 0 Å². The molecule has 0 radical (unpaired) electrons. The van der Waals surface area contributed by atoms with Gasteiger partial charge in [0.2, 0.25) is 5.91 Å². The normalized spacial score (nSPS) is 45.0. The van der Waals surface area contributed by atoms with Crippen LogP contribution in [0.2, 0.25) is 0 Å². The highest BCUT2D eigenvalue weighted by atomic mass is 16.6. The van der Waals surface area contributed by atoms with Crippen molar-refractivity contribution in [3.8, 4) is 0 Å². The summed E-state index contributed by atoms with van der Waals surface area (Å²) in [7, 11) is 1.66. The van der Waals surface area contributed by atoms with Crippen LogP contribution in [0.15, 0.2) is 12.2 Å². The average molecular weight is 221 g/mol. The lowest BCUT2D eigenvalue weighted by atomic mass is 9.63. The highest BCUT2D eigenvalue weighted by Gasteiger charge is 2.65. The molecule has 0 spiro atoms. The summed E-state index contributed by atoms with van der Waals surface area (Å²) in [5, 5.41) is 0. The molecule has 0 N–H and O–H groups in total. The molecule has 5 heteroatoms. The van der Waals surface area contributed by atoms with Gasteiger partial charge in [0.1, 0.15) is 0 Å². The summed E-state index contributed by atoms with van der Waals surface area (Å²) in [6.45, 7) is 1.79. The molecule has 3 heterocycles. The van der Waals surface area contributed by atoms with Crippen LogP contribution in [0.25, 0.3) is 0 Å². The zero-order valence-electron chi connectivity index (χ0n) is 8.97. The maximum atomic E-state index is 11.9. The van der Waals surface area contributed by atoms with Gasteiger partial charge in [-0.15, -0.1) is 0 Å². The number of likely N-dealkylation sites (N-methyl/N-ethyl adjacent to an activating group) is 1. The van der Waals surface area contributed by atoms with E-state index >= 15 is 0 Å². The van der Waals surface area contributed by atoms with E-state index in [0.29, 0.717) is 0 Å². The summed E-state index contributed by atoms with van der Waals surface area (Å²) in [4.78, 5) is 36.7. The van der Waals surface area contributed by atoms with Crippen molar-refractivity contribution in [1.29, 1.82) is 0 Å². The summed E-state index contributed by atoms with van der Waals surface area (Å²) in [6.07, 6.45) is 3.56. The molecule has 2 fully saturated rings. The summed E-state index contributed by atoms with van der Waals surface area (Å²) >= 11 is 0. The Morgan fingerprint density at radius 3 is 2.69 bits per heavy atom. The third-order valence-electron chi connectivity index (χ3n) is 4.08. The van der Waals surface area contributed by atoms with Crippen molar-refractivity contribution in [2.24, 2.45) is 17.8 Å².